The van der Waals surface area contributed by atoms with Crippen molar-refractivity contribution in [1.29, 1.82) is 0 Å². The summed E-state index contributed by atoms with van der Waals surface area (Å²) >= 11 is 0. The molecule has 1 atom stereocenters. The lowest BCUT2D eigenvalue weighted by molar-refractivity contribution is -0.109. The van der Waals surface area contributed by atoms with Crippen LogP contribution in [0.1, 0.15) is 18.9 Å². The highest BCUT2D eigenvalue weighted by Crippen LogP contribution is 2.11. The van der Waals surface area contributed by atoms with Gasteiger partial charge in [0.1, 0.15) is 12.0 Å². The molecule has 0 spiro atoms. The Morgan fingerprint density at radius 1 is 1.28 bits per heavy atom. The normalized spacial score (nSPS) is 12.6. The Hall–Kier alpha value is -1.61. The molecule has 0 aromatic heterocycles. The maximum atomic E-state index is 10.6. The fourth-order valence-electron chi connectivity index (χ4n) is 1.47. The molecule has 0 saturated carbocycles. The molecule has 0 aliphatic carbocycles. The second kappa shape index (κ2) is 8.48. The van der Waals surface area contributed by atoms with Gasteiger partial charge >= 0.3 is 0 Å². The second-order valence-electron chi connectivity index (χ2n) is 4.00. The molecular formula is C15H20O3. The van der Waals surface area contributed by atoms with Gasteiger partial charge in [-0.3, -0.25) is 0 Å². The summed E-state index contributed by atoms with van der Waals surface area (Å²) in [7, 11) is 1.65. The monoisotopic (exact) mass is 248 g/mol. The summed E-state index contributed by atoms with van der Waals surface area (Å²) in [6, 6.07) is 7.77. The summed E-state index contributed by atoms with van der Waals surface area (Å²) in [4.78, 5) is 10.6. The van der Waals surface area contributed by atoms with E-state index in [-0.39, 0.29) is 5.92 Å². The fraction of sp³-hybridized carbons (Fsp3) is 0.400. The van der Waals surface area contributed by atoms with Gasteiger partial charge in [0, 0.05) is 5.92 Å². The highest BCUT2D eigenvalue weighted by Gasteiger charge is 1.97. The van der Waals surface area contributed by atoms with Crippen LogP contribution >= 0.6 is 0 Å². The summed E-state index contributed by atoms with van der Waals surface area (Å²) in [5.41, 5.74) is 1.10. The number of carbonyl (C=O) groups excluding carboxylic acids is 1. The standard InChI is InChI=1S/C15H20O3/c1-3-13(11-16)5-4-10-18-12-14-6-8-15(17-2)9-7-14/h4-9,11,13H,3,10,12H2,1-2H3/b5-4-/t13-/m0/s1. The zero-order valence-corrected chi connectivity index (χ0v) is 11.0. The minimum Gasteiger partial charge on any atom is -0.497 e. The van der Waals surface area contributed by atoms with Gasteiger partial charge in [0.05, 0.1) is 20.3 Å². The Balaban J connectivity index is 2.26. The van der Waals surface area contributed by atoms with Crippen molar-refractivity contribution in [2.75, 3.05) is 13.7 Å². The van der Waals surface area contributed by atoms with Gasteiger partial charge in [-0.2, -0.15) is 0 Å². The average molecular weight is 248 g/mol. The molecule has 0 heterocycles. The summed E-state index contributed by atoms with van der Waals surface area (Å²) in [5, 5.41) is 0. The van der Waals surface area contributed by atoms with E-state index in [1.54, 1.807) is 7.11 Å². The van der Waals surface area contributed by atoms with Crippen LogP contribution in [0.2, 0.25) is 0 Å². The molecule has 0 radical (unpaired) electrons. The van der Waals surface area contributed by atoms with E-state index in [0.29, 0.717) is 13.2 Å². The number of carbonyl (C=O) groups is 1. The summed E-state index contributed by atoms with van der Waals surface area (Å²) in [6.45, 7) is 3.07. The van der Waals surface area contributed by atoms with Gasteiger partial charge in [0.2, 0.25) is 0 Å². The fourth-order valence-corrected chi connectivity index (χ4v) is 1.47. The topological polar surface area (TPSA) is 35.5 Å². The van der Waals surface area contributed by atoms with Gasteiger partial charge in [-0.05, 0) is 24.1 Å². The van der Waals surface area contributed by atoms with Crippen molar-refractivity contribution in [2.24, 2.45) is 5.92 Å². The number of allylic oxidation sites excluding steroid dienone is 1. The van der Waals surface area contributed by atoms with Gasteiger partial charge in [-0.15, -0.1) is 0 Å². The summed E-state index contributed by atoms with van der Waals surface area (Å²) in [6.07, 6.45) is 5.57. The van der Waals surface area contributed by atoms with Crippen molar-refractivity contribution in [2.45, 2.75) is 20.0 Å². The first kappa shape index (κ1) is 14.5. The number of hydrogen-bond acceptors (Lipinski definition) is 3. The maximum absolute atomic E-state index is 10.6. The largest absolute Gasteiger partial charge is 0.497 e. The van der Waals surface area contributed by atoms with Crippen LogP contribution in [-0.4, -0.2) is 20.0 Å². The van der Waals surface area contributed by atoms with E-state index in [1.165, 1.54) is 0 Å². The molecule has 1 aromatic carbocycles. The van der Waals surface area contributed by atoms with Crippen molar-refractivity contribution in [3.05, 3.63) is 42.0 Å². The molecule has 3 nitrogen and oxygen atoms in total. The summed E-state index contributed by atoms with van der Waals surface area (Å²) < 4.78 is 10.6. The third kappa shape index (κ3) is 5.15. The number of ether oxygens (including phenoxy) is 2. The SMILES string of the molecule is CC[C@H](C=O)/C=C\COCc1ccc(OC)cc1. The Kier molecular flexibility index (Phi) is 6.81. The number of rotatable bonds is 8. The molecule has 1 aromatic rings. The molecule has 0 fully saturated rings. The minimum absolute atomic E-state index is 0.00888. The molecule has 0 aliphatic rings. The number of hydrogen-bond donors (Lipinski definition) is 0. The molecule has 0 unspecified atom stereocenters. The van der Waals surface area contributed by atoms with Crippen molar-refractivity contribution in [3.8, 4) is 5.75 Å². The molecular weight excluding hydrogens is 228 g/mol. The van der Waals surface area contributed by atoms with Crippen LogP contribution < -0.4 is 4.74 Å². The third-order valence-electron chi connectivity index (χ3n) is 2.67. The van der Waals surface area contributed by atoms with Crippen molar-refractivity contribution in [1.82, 2.24) is 0 Å². The quantitative estimate of drug-likeness (QED) is 0.403. The van der Waals surface area contributed by atoms with Gasteiger partial charge in [0.15, 0.2) is 0 Å². The predicted octanol–water partition coefficient (Wildman–Crippen LogP) is 2.99. The van der Waals surface area contributed by atoms with Crippen LogP contribution in [-0.2, 0) is 16.1 Å². The zero-order chi connectivity index (χ0) is 13.2. The first-order chi connectivity index (χ1) is 8.80. The van der Waals surface area contributed by atoms with E-state index in [1.807, 2.05) is 43.3 Å². The van der Waals surface area contributed by atoms with Crippen LogP contribution in [0.3, 0.4) is 0 Å². The van der Waals surface area contributed by atoms with Gasteiger partial charge in [0.25, 0.3) is 0 Å². The zero-order valence-electron chi connectivity index (χ0n) is 11.0. The molecule has 0 bridgehead atoms. The van der Waals surface area contributed by atoms with Crippen molar-refractivity contribution in [3.63, 3.8) is 0 Å². The molecule has 0 aliphatic heterocycles. The van der Waals surface area contributed by atoms with Crippen LogP contribution in [0, 0.1) is 5.92 Å². The van der Waals surface area contributed by atoms with Gasteiger partial charge in [-0.25, -0.2) is 0 Å². The Labute approximate surface area is 108 Å². The number of methoxy groups -OCH3 is 1. The summed E-state index contributed by atoms with van der Waals surface area (Å²) in [5.74, 6) is 0.852. The molecule has 0 N–H and O–H groups in total. The Bertz CT molecular complexity index is 368. The molecule has 18 heavy (non-hydrogen) atoms. The first-order valence-electron chi connectivity index (χ1n) is 6.12. The van der Waals surface area contributed by atoms with E-state index in [4.69, 9.17) is 9.47 Å². The highest BCUT2D eigenvalue weighted by molar-refractivity contribution is 5.56. The van der Waals surface area contributed by atoms with Crippen LogP contribution in [0.25, 0.3) is 0 Å². The van der Waals surface area contributed by atoms with Crippen molar-refractivity contribution < 1.29 is 14.3 Å². The second-order valence-corrected chi connectivity index (χ2v) is 4.00. The minimum atomic E-state index is 0.00888. The molecule has 3 heteroatoms. The van der Waals surface area contributed by atoms with Gasteiger partial charge < -0.3 is 14.3 Å². The maximum Gasteiger partial charge on any atom is 0.126 e. The van der Waals surface area contributed by atoms with Crippen molar-refractivity contribution >= 4 is 6.29 Å². The van der Waals surface area contributed by atoms with Crippen LogP contribution in [0.4, 0.5) is 0 Å². The van der Waals surface area contributed by atoms with E-state index < -0.39 is 0 Å². The van der Waals surface area contributed by atoms with E-state index in [2.05, 4.69) is 0 Å². The Morgan fingerprint density at radius 2 is 2.00 bits per heavy atom. The smallest absolute Gasteiger partial charge is 0.126 e. The van der Waals surface area contributed by atoms with E-state index in [9.17, 15) is 4.79 Å². The highest BCUT2D eigenvalue weighted by atomic mass is 16.5. The number of aldehydes is 1. The number of benzene rings is 1. The molecule has 1 rings (SSSR count). The molecule has 0 amide bonds. The van der Waals surface area contributed by atoms with Gasteiger partial charge in [-0.1, -0.05) is 31.2 Å². The third-order valence-corrected chi connectivity index (χ3v) is 2.67. The van der Waals surface area contributed by atoms with E-state index in [0.717, 1.165) is 24.0 Å². The lowest BCUT2D eigenvalue weighted by Gasteiger charge is -2.04. The Morgan fingerprint density at radius 3 is 2.56 bits per heavy atom. The van der Waals surface area contributed by atoms with Crippen LogP contribution in [0.15, 0.2) is 36.4 Å². The van der Waals surface area contributed by atoms with Crippen LogP contribution in [0.5, 0.6) is 5.75 Å². The lowest BCUT2D eigenvalue weighted by atomic mass is 10.1. The molecule has 98 valence electrons. The average Bonchev–Trinajstić information content (AvgIpc) is 2.43. The van der Waals surface area contributed by atoms with E-state index >= 15 is 0 Å². The first-order valence-corrected chi connectivity index (χ1v) is 6.12. The lowest BCUT2D eigenvalue weighted by Crippen LogP contribution is -1.97. The predicted molar refractivity (Wildman–Crippen MR) is 71.6 cm³/mol. The molecule has 0 saturated heterocycles.